The third-order valence-corrected chi connectivity index (χ3v) is 3.16. The van der Waals surface area contributed by atoms with E-state index in [-0.39, 0.29) is 0 Å². The molecule has 7 heteroatoms. The van der Waals surface area contributed by atoms with Crippen LogP contribution < -0.4 is 4.72 Å². The van der Waals surface area contributed by atoms with Gasteiger partial charge in [-0.15, -0.1) is 0 Å². The average molecular weight is 252 g/mol. The fourth-order valence-corrected chi connectivity index (χ4v) is 1.98. The molecule has 0 radical (unpaired) electrons. The van der Waals surface area contributed by atoms with Crippen LogP contribution in [0.2, 0.25) is 0 Å². The lowest BCUT2D eigenvalue weighted by atomic mass is 10.2. The Morgan fingerprint density at radius 3 is 2.00 bits per heavy atom. The molecule has 0 fully saturated rings. The second-order valence-corrected chi connectivity index (χ2v) is 6.33. The van der Waals surface area contributed by atoms with Gasteiger partial charge in [-0.1, -0.05) is 0 Å². The molecule has 0 atom stereocenters. The predicted molar refractivity (Wildman–Crippen MR) is 61.2 cm³/mol. The van der Waals surface area contributed by atoms with E-state index in [9.17, 15) is 13.2 Å². The minimum Gasteiger partial charge on any atom is -0.443 e. The summed E-state index contributed by atoms with van der Waals surface area (Å²) in [4.78, 5) is 11.7. The summed E-state index contributed by atoms with van der Waals surface area (Å²) < 4.78 is 30.9. The second kappa shape index (κ2) is 5.01. The first kappa shape index (κ1) is 15.2. The molecule has 0 aliphatic rings. The summed E-state index contributed by atoms with van der Waals surface area (Å²) in [6, 6.07) is -0.507. The Bertz CT molecular complexity index is 343. The first-order valence-electron chi connectivity index (χ1n) is 4.97. The molecule has 0 bridgehead atoms. The Balaban J connectivity index is 5.04. The molecule has 1 amide bonds. The van der Waals surface area contributed by atoms with E-state index >= 15 is 0 Å². The van der Waals surface area contributed by atoms with Gasteiger partial charge >= 0.3 is 16.3 Å². The monoisotopic (exact) mass is 252 g/mol. The zero-order valence-corrected chi connectivity index (χ0v) is 11.4. The Morgan fingerprint density at radius 1 is 1.31 bits per heavy atom. The fraction of sp³-hybridized carbons (Fsp3) is 0.889. The third kappa shape index (κ3) is 4.36. The van der Waals surface area contributed by atoms with Gasteiger partial charge in [0.25, 0.3) is 0 Å². The zero-order chi connectivity index (χ0) is 13.1. The molecule has 0 saturated carbocycles. The second-order valence-electron chi connectivity index (χ2n) is 4.58. The van der Waals surface area contributed by atoms with E-state index in [2.05, 4.69) is 4.72 Å². The Labute approximate surface area is 97.1 Å². The normalized spacial score (nSPS) is 12.7. The largest absolute Gasteiger partial charge is 0.443 e. The number of carbonyl (C=O) groups excluding carboxylic acids is 1. The summed E-state index contributed by atoms with van der Waals surface area (Å²) in [5.41, 5.74) is -0.729. The van der Waals surface area contributed by atoms with Crippen LogP contribution in [0, 0.1) is 0 Å². The van der Waals surface area contributed by atoms with Gasteiger partial charge in [0.05, 0.1) is 0 Å². The number of amides is 1. The highest BCUT2D eigenvalue weighted by Gasteiger charge is 2.32. The highest BCUT2D eigenvalue weighted by molar-refractivity contribution is 7.87. The van der Waals surface area contributed by atoms with E-state index in [1.165, 1.54) is 7.05 Å². The van der Waals surface area contributed by atoms with E-state index in [0.717, 1.165) is 0 Å². The van der Waals surface area contributed by atoms with Crippen LogP contribution in [0.15, 0.2) is 0 Å². The number of carbonyl (C=O) groups is 1. The SMILES string of the molecule is CNS(=O)(=O)N(C(=O)OC(C)(C)C)C(C)C. The van der Waals surface area contributed by atoms with Crippen LogP contribution in [0.1, 0.15) is 34.6 Å². The van der Waals surface area contributed by atoms with Gasteiger partial charge in [-0.05, 0) is 34.6 Å². The van der Waals surface area contributed by atoms with E-state index in [1.807, 2.05) is 0 Å². The van der Waals surface area contributed by atoms with Crippen LogP contribution in [0.5, 0.6) is 0 Å². The molecule has 0 aliphatic heterocycles. The van der Waals surface area contributed by atoms with Gasteiger partial charge in [-0.25, -0.2) is 9.52 Å². The van der Waals surface area contributed by atoms with E-state index < -0.39 is 27.9 Å². The summed E-state index contributed by atoms with van der Waals surface area (Å²) in [5.74, 6) is 0. The molecule has 0 aromatic carbocycles. The van der Waals surface area contributed by atoms with Crippen molar-refractivity contribution in [2.24, 2.45) is 0 Å². The van der Waals surface area contributed by atoms with Crippen LogP contribution in [0.25, 0.3) is 0 Å². The van der Waals surface area contributed by atoms with E-state index in [4.69, 9.17) is 4.74 Å². The predicted octanol–water partition coefficient (Wildman–Crippen LogP) is 1.10. The molecule has 0 aliphatic carbocycles. The number of ether oxygens (including phenoxy) is 1. The van der Waals surface area contributed by atoms with Crippen molar-refractivity contribution < 1.29 is 17.9 Å². The van der Waals surface area contributed by atoms with Crippen molar-refractivity contribution in [1.29, 1.82) is 0 Å². The van der Waals surface area contributed by atoms with Crippen molar-refractivity contribution in [2.45, 2.75) is 46.3 Å². The van der Waals surface area contributed by atoms with Crippen LogP contribution in [-0.2, 0) is 14.9 Å². The van der Waals surface area contributed by atoms with Crippen LogP contribution >= 0.6 is 0 Å². The Kier molecular flexibility index (Phi) is 4.75. The maximum absolute atomic E-state index is 11.7. The number of nitrogens with one attached hydrogen (secondary N) is 1. The lowest BCUT2D eigenvalue weighted by molar-refractivity contribution is 0.0355. The smallest absolute Gasteiger partial charge is 0.425 e. The lowest BCUT2D eigenvalue weighted by Crippen LogP contribution is -2.48. The van der Waals surface area contributed by atoms with Crippen LogP contribution in [0.4, 0.5) is 4.79 Å². The van der Waals surface area contributed by atoms with Gasteiger partial charge < -0.3 is 4.74 Å². The molecule has 0 aromatic rings. The molecular formula is C9H20N2O4S. The average Bonchev–Trinajstić information content (AvgIpc) is 1.98. The van der Waals surface area contributed by atoms with Crippen molar-refractivity contribution in [2.75, 3.05) is 7.05 Å². The maximum Gasteiger partial charge on any atom is 0.425 e. The lowest BCUT2D eigenvalue weighted by Gasteiger charge is -2.28. The molecular weight excluding hydrogens is 232 g/mol. The quantitative estimate of drug-likeness (QED) is 0.816. The van der Waals surface area contributed by atoms with E-state index in [0.29, 0.717) is 4.31 Å². The van der Waals surface area contributed by atoms with Crippen LogP contribution in [-0.4, -0.2) is 37.5 Å². The summed E-state index contributed by atoms with van der Waals surface area (Å²) in [7, 11) is -2.58. The van der Waals surface area contributed by atoms with Crippen molar-refractivity contribution in [3.63, 3.8) is 0 Å². The van der Waals surface area contributed by atoms with Gasteiger partial charge in [0.15, 0.2) is 0 Å². The van der Waals surface area contributed by atoms with Crippen molar-refractivity contribution >= 4 is 16.3 Å². The minimum atomic E-state index is -3.82. The van der Waals surface area contributed by atoms with Gasteiger partial charge in [0, 0.05) is 13.1 Å². The highest BCUT2D eigenvalue weighted by atomic mass is 32.2. The number of rotatable bonds is 3. The van der Waals surface area contributed by atoms with Crippen LogP contribution in [0.3, 0.4) is 0 Å². The Hall–Kier alpha value is -0.820. The first-order valence-corrected chi connectivity index (χ1v) is 6.41. The summed E-state index contributed by atoms with van der Waals surface area (Å²) in [6.07, 6.45) is -0.878. The summed E-state index contributed by atoms with van der Waals surface area (Å²) >= 11 is 0. The molecule has 0 aromatic heterocycles. The van der Waals surface area contributed by atoms with Crippen molar-refractivity contribution in [3.05, 3.63) is 0 Å². The number of nitrogens with zero attached hydrogens (tertiary/aromatic N) is 1. The molecule has 0 heterocycles. The molecule has 6 nitrogen and oxygen atoms in total. The van der Waals surface area contributed by atoms with Gasteiger partial charge in [0.1, 0.15) is 5.60 Å². The fourth-order valence-electron chi connectivity index (χ4n) is 0.992. The molecule has 0 saturated heterocycles. The number of hydrogen-bond acceptors (Lipinski definition) is 4. The highest BCUT2D eigenvalue weighted by Crippen LogP contribution is 2.14. The molecule has 0 unspecified atom stereocenters. The standard InChI is InChI=1S/C9H20N2O4S/c1-7(2)11(16(13,14)10-6)8(12)15-9(3,4)5/h7,10H,1-6H3. The van der Waals surface area contributed by atoms with Crippen molar-refractivity contribution in [3.8, 4) is 0 Å². The molecule has 0 spiro atoms. The molecule has 16 heavy (non-hydrogen) atoms. The maximum atomic E-state index is 11.7. The minimum absolute atomic E-state index is 0.507. The number of hydrogen-bond donors (Lipinski definition) is 1. The summed E-state index contributed by atoms with van der Waals surface area (Å²) in [6.45, 7) is 8.22. The Morgan fingerprint density at radius 2 is 1.75 bits per heavy atom. The molecule has 0 rings (SSSR count). The van der Waals surface area contributed by atoms with E-state index in [1.54, 1.807) is 34.6 Å². The van der Waals surface area contributed by atoms with Crippen molar-refractivity contribution in [1.82, 2.24) is 9.03 Å². The third-order valence-electron chi connectivity index (χ3n) is 1.56. The van der Waals surface area contributed by atoms with Gasteiger partial charge in [-0.3, -0.25) is 0 Å². The van der Waals surface area contributed by atoms with Gasteiger partial charge in [0.2, 0.25) is 0 Å². The zero-order valence-electron chi connectivity index (χ0n) is 10.6. The first-order chi connectivity index (χ1) is 7.01. The molecule has 1 N–H and O–H groups in total. The topological polar surface area (TPSA) is 75.7 Å². The molecule has 96 valence electrons. The summed E-state index contributed by atoms with van der Waals surface area (Å²) in [5, 5.41) is 0. The van der Waals surface area contributed by atoms with Gasteiger partial charge in [-0.2, -0.15) is 12.7 Å².